The minimum atomic E-state index is -5.01. The number of rotatable bonds is 5. The van der Waals surface area contributed by atoms with Crippen molar-refractivity contribution in [3.63, 3.8) is 0 Å². The summed E-state index contributed by atoms with van der Waals surface area (Å²) in [6.07, 6.45) is -4.05. The first-order chi connectivity index (χ1) is 13.5. The van der Waals surface area contributed by atoms with Crippen molar-refractivity contribution in [2.24, 2.45) is 0 Å². The van der Waals surface area contributed by atoms with Crippen LogP contribution in [0.2, 0.25) is 0 Å². The lowest BCUT2D eigenvalue weighted by Gasteiger charge is -2.13. The zero-order valence-corrected chi connectivity index (χ0v) is 14.1. The molecule has 148 valence electrons. The zero-order chi connectivity index (χ0) is 21.8. The maximum Gasteiger partial charge on any atom is 0.418 e. The molecule has 0 unspecified atom stereocenters. The van der Waals surface area contributed by atoms with E-state index in [1.165, 1.54) is 24.3 Å². The Bertz CT molecular complexity index is 1070. The van der Waals surface area contributed by atoms with Gasteiger partial charge in [0.15, 0.2) is 0 Å². The molecule has 0 aliphatic rings. The Balaban J connectivity index is 2.40. The smallest absolute Gasteiger partial charge is 0.321 e. The van der Waals surface area contributed by atoms with Gasteiger partial charge in [0.05, 0.1) is 21.1 Å². The van der Waals surface area contributed by atoms with E-state index in [1.54, 1.807) is 0 Å². The van der Waals surface area contributed by atoms with Crippen molar-refractivity contribution in [2.75, 3.05) is 5.32 Å². The number of non-ortho nitro benzene ring substituents is 2. The molecule has 0 heterocycles. The lowest BCUT2D eigenvalue weighted by atomic mass is 10.1. The third-order valence-corrected chi connectivity index (χ3v) is 3.52. The average molecular weight is 406 g/mol. The Morgan fingerprint density at radius 1 is 1.07 bits per heavy atom. The molecule has 0 saturated carbocycles. The number of nitriles is 1. The topological polar surface area (TPSA) is 139 Å². The molecule has 2 rings (SSSR count). The molecule has 29 heavy (non-hydrogen) atoms. The molecule has 0 fully saturated rings. The first-order valence-corrected chi connectivity index (χ1v) is 7.56. The third-order valence-electron chi connectivity index (χ3n) is 3.52. The lowest BCUT2D eigenvalue weighted by molar-refractivity contribution is -0.385. The number of anilines is 1. The van der Waals surface area contributed by atoms with Crippen molar-refractivity contribution < 1.29 is 27.8 Å². The summed E-state index contributed by atoms with van der Waals surface area (Å²) in [4.78, 5) is 32.0. The van der Waals surface area contributed by atoms with Gasteiger partial charge in [0, 0.05) is 24.3 Å². The van der Waals surface area contributed by atoms with E-state index in [2.05, 4.69) is 0 Å². The molecule has 0 bridgehead atoms. The largest absolute Gasteiger partial charge is 0.418 e. The Labute approximate surface area is 160 Å². The van der Waals surface area contributed by atoms with Crippen LogP contribution in [0.4, 0.5) is 30.2 Å². The van der Waals surface area contributed by atoms with E-state index in [0.717, 1.165) is 18.2 Å². The molecule has 0 radical (unpaired) electrons. The van der Waals surface area contributed by atoms with Gasteiger partial charge in [-0.3, -0.25) is 25.0 Å². The van der Waals surface area contributed by atoms with Gasteiger partial charge in [-0.25, -0.2) is 0 Å². The third kappa shape index (κ3) is 5.13. The number of nitro benzene ring substituents is 2. The van der Waals surface area contributed by atoms with Gasteiger partial charge >= 0.3 is 6.18 Å². The number of halogens is 3. The van der Waals surface area contributed by atoms with E-state index in [4.69, 9.17) is 5.26 Å². The standard InChI is InChI=1S/C17H9F3N4O5/c18-17(19,20)14-8-13(24(28)29)4-5-15(14)22-16(25)11(9-21)6-10-2-1-3-12(7-10)23(26)27/h1-8H,(H,22,25)/b11-6-. The SMILES string of the molecule is N#C/C(=C/c1cccc([N+](=O)[O-])c1)C(=O)Nc1ccc([N+](=O)[O-])cc1C(F)(F)F. The van der Waals surface area contributed by atoms with Crippen LogP contribution in [0.25, 0.3) is 6.08 Å². The normalized spacial score (nSPS) is 11.4. The number of benzene rings is 2. The summed E-state index contributed by atoms with van der Waals surface area (Å²) in [5.41, 5.74) is -3.92. The maximum atomic E-state index is 13.2. The van der Waals surface area contributed by atoms with Crippen LogP contribution in [0.5, 0.6) is 0 Å². The number of nitro groups is 2. The van der Waals surface area contributed by atoms with Gasteiger partial charge in [0.25, 0.3) is 17.3 Å². The van der Waals surface area contributed by atoms with Crippen molar-refractivity contribution in [1.29, 1.82) is 5.26 Å². The van der Waals surface area contributed by atoms with Crippen LogP contribution in [0.1, 0.15) is 11.1 Å². The average Bonchev–Trinajstić information content (AvgIpc) is 2.65. The summed E-state index contributed by atoms with van der Waals surface area (Å²) in [7, 11) is 0. The van der Waals surface area contributed by atoms with Crippen LogP contribution < -0.4 is 5.32 Å². The minimum Gasteiger partial charge on any atom is -0.321 e. The summed E-state index contributed by atoms with van der Waals surface area (Å²) in [5.74, 6) is -1.22. The molecular formula is C17H9F3N4O5. The predicted octanol–water partition coefficient (Wildman–Crippen LogP) is 4.07. The molecule has 0 aliphatic carbocycles. The Hall–Kier alpha value is -4.27. The number of carbonyl (C=O) groups excluding carboxylic acids is 1. The molecule has 0 spiro atoms. The fourth-order valence-corrected chi connectivity index (χ4v) is 2.22. The van der Waals surface area contributed by atoms with Crippen molar-refractivity contribution >= 4 is 29.0 Å². The molecule has 9 nitrogen and oxygen atoms in total. The quantitative estimate of drug-likeness (QED) is 0.344. The van der Waals surface area contributed by atoms with Crippen molar-refractivity contribution in [3.05, 3.63) is 79.4 Å². The second kappa shape index (κ2) is 8.17. The van der Waals surface area contributed by atoms with Crippen LogP contribution >= 0.6 is 0 Å². The summed E-state index contributed by atoms with van der Waals surface area (Å²) >= 11 is 0. The number of carbonyl (C=O) groups is 1. The molecule has 2 aromatic carbocycles. The highest BCUT2D eigenvalue weighted by atomic mass is 19.4. The molecular weight excluding hydrogens is 397 g/mol. The number of alkyl halides is 3. The van der Waals surface area contributed by atoms with E-state index in [-0.39, 0.29) is 17.3 Å². The van der Waals surface area contributed by atoms with Crippen LogP contribution in [-0.2, 0) is 11.0 Å². The van der Waals surface area contributed by atoms with E-state index in [0.29, 0.717) is 6.07 Å². The summed E-state index contributed by atoms with van der Waals surface area (Å²) in [6, 6.07) is 8.11. The highest BCUT2D eigenvalue weighted by molar-refractivity contribution is 6.10. The minimum absolute atomic E-state index is 0.102. The van der Waals surface area contributed by atoms with Gasteiger partial charge in [-0.05, 0) is 17.7 Å². The van der Waals surface area contributed by atoms with Gasteiger partial charge in [0.2, 0.25) is 0 Å². The van der Waals surface area contributed by atoms with E-state index < -0.39 is 44.4 Å². The molecule has 2 aromatic rings. The van der Waals surface area contributed by atoms with Crippen LogP contribution in [-0.4, -0.2) is 15.8 Å². The second-order valence-electron chi connectivity index (χ2n) is 5.46. The van der Waals surface area contributed by atoms with E-state index in [1.807, 2.05) is 5.32 Å². The van der Waals surface area contributed by atoms with Crippen LogP contribution in [0, 0.1) is 31.6 Å². The van der Waals surface area contributed by atoms with Gasteiger partial charge in [-0.1, -0.05) is 12.1 Å². The van der Waals surface area contributed by atoms with E-state index in [9.17, 15) is 38.2 Å². The Morgan fingerprint density at radius 2 is 1.69 bits per heavy atom. The number of hydrogen-bond donors (Lipinski definition) is 1. The fraction of sp³-hybridized carbons (Fsp3) is 0.0588. The molecule has 0 atom stereocenters. The Morgan fingerprint density at radius 3 is 2.24 bits per heavy atom. The fourth-order valence-electron chi connectivity index (χ4n) is 2.22. The van der Waals surface area contributed by atoms with Gasteiger partial charge < -0.3 is 5.32 Å². The number of amides is 1. The highest BCUT2D eigenvalue weighted by Gasteiger charge is 2.35. The lowest BCUT2D eigenvalue weighted by Crippen LogP contribution is -2.18. The molecule has 0 saturated heterocycles. The predicted molar refractivity (Wildman–Crippen MR) is 93.4 cm³/mol. The molecule has 1 amide bonds. The second-order valence-corrected chi connectivity index (χ2v) is 5.46. The van der Waals surface area contributed by atoms with Crippen molar-refractivity contribution in [2.45, 2.75) is 6.18 Å². The summed E-state index contributed by atoms with van der Waals surface area (Å²) < 4.78 is 39.5. The van der Waals surface area contributed by atoms with Gasteiger partial charge in [-0.2, -0.15) is 18.4 Å². The summed E-state index contributed by atoms with van der Waals surface area (Å²) in [6.45, 7) is 0. The Kier molecular flexibility index (Phi) is 5.93. The molecule has 12 heteroatoms. The molecule has 0 aromatic heterocycles. The number of hydrogen-bond acceptors (Lipinski definition) is 6. The number of nitrogens with zero attached hydrogens (tertiary/aromatic N) is 3. The number of nitrogens with one attached hydrogen (secondary N) is 1. The maximum absolute atomic E-state index is 13.2. The van der Waals surface area contributed by atoms with Crippen molar-refractivity contribution in [3.8, 4) is 6.07 Å². The monoisotopic (exact) mass is 406 g/mol. The van der Waals surface area contributed by atoms with Crippen LogP contribution in [0.15, 0.2) is 48.0 Å². The van der Waals surface area contributed by atoms with Gasteiger partial charge in [-0.15, -0.1) is 0 Å². The van der Waals surface area contributed by atoms with Crippen molar-refractivity contribution in [1.82, 2.24) is 0 Å². The van der Waals surface area contributed by atoms with E-state index >= 15 is 0 Å². The van der Waals surface area contributed by atoms with Gasteiger partial charge in [0.1, 0.15) is 11.6 Å². The first kappa shape index (κ1) is 21.0. The zero-order valence-electron chi connectivity index (χ0n) is 14.1. The first-order valence-electron chi connectivity index (χ1n) is 7.56. The van der Waals surface area contributed by atoms with Crippen LogP contribution in [0.3, 0.4) is 0 Å². The summed E-state index contributed by atoms with van der Waals surface area (Å²) in [5, 5.41) is 32.5. The highest BCUT2D eigenvalue weighted by Crippen LogP contribution is 2.37. The molecule has 1 N–H and O–H groups in total. The molecule has 0 aliphatic heterocycles.